The number of aliphatic hydroxyl groups excluding tert-OH is 1. The molecule has 2 aromatic carbocycles. The summed E-state index contributed by atoms with van der Waals surface area (Å²) in [6.07, 6.45) is 3.16. The number of aliphatic hydroxyl groups is 1. The molecule has 0 radical (unpaired) electrons. The van der Waals surface area contributed by atoms with Crippen LogP contribution in [0.2, 0.25) is 0 Å². The molecule has 0 aliphatic rings. The summed E-state index contributed by atoms with van der Waals surface area (Å²) >= 11 is 0. The number of aliphatic imine (C=N–C) groups is 1. The van der Waals surface area contributed by atoms with Crippen LogP contribution in [-0.4, -0.2) is 26.7 Å². The van der Waals surface area contributed by atoms with Gasteiger partial charge in [-0.15, -0.1) is 0 Å². The summed E-state index contributed by atoms with van der Waals surface area (Å²) < 4.78 is 2.01. The van der Waals surface area contributed by atoms with Crippen LogP contribution in [0.1, 0.15) is 19.4 Å². The van der Waals surface area contributed by atoms with Crippen LogP contribution in [0, 0.1) is 6.92 Å². The van der Waals surface area contributed by atoms with Crippen LogP contribution in [0.4, 0.5) is 5.69 Å². The minimum Gasteiger partial charge on any atom is -0.512 e. The topological polar surface area (TPSA) is 67.5 Å². The SMILES string of the molecule is CC(=O)C(C=Nc1ccc2c(c1)ncn2-c1ccc(C)cc1)=C(C)O. The molecule has 1 heterocycles. The lowest BCUT2D eigenvalue weighted by atomic mass is 10.2. The number of benzene rings is 2. The van der Waals surface area contributed by atoms with Gasteiger partial charge in [0.1, 0.15) is 12.1 Å². The lowest BCUT2D eigenvalue weighted by molar-refractivity contribution is -0.113. The van der Waals surface area contributed by atoms with Gasteiger partial charge in [-0.2, -0.15) is 0 Å². The summed E-state index contributed by atoms with van der Waals surface area (Å²) in [5, 5.41) is 9.53. The molecule has 3 rings (SSSR count). The van der Waals surface area contributed by atoms with E-state index in [1.807, 2.05) is 22.8 Å². The minimum absolute atomic E-state index is 0.0408. The summed E-state index contributed by atoms with van der Waals surface area (Å²) in [4.78, 5) is 20.2. The highest BCUT2D eigenvalue weighted by Crippen LogP contribution is 2.23. The average Bonchev–Trinajstić information content (AvgIpc) is 2.98. The molecule has 0 saturated carbocycles. The predicted octanol–water partition coefficient (Wildman–Crippen LogP) is 4.46. The van der Waals surface area contributed by atoms with Crippen LogP contribution in [0.5, 0.6) is 0 Å². The zero-order valence-electron chi connectivity index (χ0n) is 14.4. The van der Waals surface area contributed by atoms with Crippen LogP contribution in [-0.2, 0) is 4.79 Å². The number of Topliss-reactive ketones (excluding diaryl/α,β-unsaturated/α-hetero) is 1. The molecule has 1 N–H and O–H groups in total. The van der Waals surface area contributed by atoms with E-state index in [9.17, 15) is 9.90 Å². The zero-order valence-corrected chi connectivity index (χ0v) is 14.4. The summed E-state index contributed by atoms with van der Waals surface area (Å²) in [6.45, 7) is 4.92. The molecule has 0 atom stereocenters. The molecular formula is C20H19N3O2. The van der Waals surface area contributed by atoms with E-state index in [-0.39, 0.29) is 17.1 Å². The molecular weight excluding hydrogens is 314 g/mol. The van der Waals surface area contributed by atoms with Gasteiger partial charge in [0.05, 0.1) is 22.3 Å². The summed E-state index contributed by atoms with van der Waals surface area (Å²) in [5.74, 6) is -0.269. The number of fused-ring (bicyclic) bond motifs is 1. The van der Waals surface area contributed by atoms with Crippen LogP contribution in [0.25, 0.3) is 16.7 Å². The predicted molar refractivity (Wildman–Crippen MR) is 100.0 cm³/mol. The van der Waals surface area contributed by atoms with Gasteiger partial charge in [-0.1, -0.05) is 17.7 Å². The summed E-state index contributed by atoms with van der Waals surface area (Å²) in [7, 11) is 0. The number of aryl methyl sites for hydroxylation is 1. The van der Waals surface area contributed by atoms with Crippen molar-refractivity contribution >= 4 is 28.7 Å². The first-order chi connectivity index (χ1) is 12.0. The molecule has 3 aromatic rings. The lowest BCUT2D eigenvalue weighted by Crippen LogP contribution is -2.01. The Morgan fingerprint density at radius 1 is 1.16 bits per heavy atom. The Bertz CT molecular complexity index is 991. The van der Waals surface area contributed by atoms with Crippen molar-refractivity contribution in [3.8, 4) is 5.69 Å². The fourth-order valence-electron chi connectivity index (χ4n) is 2.57. The van der Waals surface area contributed by atoms with Crippen molar-refractivity contribution in [2.45, 2.75) is 20.8 Å². The van der Waals surface area contributed by atoms with E-state index in [0.29, 0.717) is 5.69 Å². The maximum Gasteiger partial charge on any atom is 0.164 e. The molecule has 0 amide bonds. The Kier molecular flexibility index (Phi) is 4.48. The molecule has 0 saturated heterocycles. The van der Waals surface area contributed by atoms with E-state index in [1.54, 1.807) is 6.33 Å². The van der Waals surface area contributed by atoms with E-state index >= 15 is 0 Å². The number of hydrogen-bond acceptors (Lipinski definition) is 4. The van der Waals surface area contributed by atoms with Crippen molar-refractivity contribution in [1.82, 2.24) is 9.55 Å². The van der Waals surface area contributed by atoms with Crippen molar-refractivity contribution < 1.29 is 9.90 Å². The van der Waals surface area contributed by atoms with Crippen LogP contribution in [0.3, 0.4) is 0 Å². The quantitative estimate of drug-likeness (QED) is 0.435. The van der Waals surface area contributed by atoms with Gasteiger partial charge in [0.2, 0.25) is 0 Å². The van der Waals surface area contributed by atoms with Crippen molar-refractivity contribution in [2.75, 3.05) is 0 Å². The van der Waals surface area contributed by atoms with Crippen molar-refractivity contribution in [2.24, 2.45) is 4.99 Å². The van der Waals surface area contributed by atoms with Crippen molar-refractivity contribution in [3.05, 3.63) is 65.7 Å². The number of nitrogens with zero attached hydrogens (tertiary/aromatic N) is 3. The molecule has 5 heteroatoms. The standard InChI is InChI=1S/C20H19N3O2/c1-13-4-7-17(8-5-13)23-12-22-19-10-16(6-9-20(19)23)21-11-18(14(2)24)15(3)25/h4-12,24H,1-3H3. The molecule has 0 spiro atoms. The second kappa shape index (κ2) is 6.73. The molecule has 126 valence electrons. The summed E-state index contributed by atoms with van der Waals surface area (Å²) in [6, 6.07) is 13.9. The van der Waals surface area contributed by atoms with Crippen molar-refractivity contribution in [1.29, 1.82) is 0 Å². The first-order valence-corrected chi connectivity index (χ1v) is 7.94. The van der Waals surface area contributed by atoms with Gasteiger partial charge in [-0.25, -0.2) is 4.98 Å². The van der Waals surface area contributed by atoms with Gasteiger partial charge in [-0.05, 0) is 51.1 Å². The van der Waals surface area contributed by atoms with Gasteiger partial charge >= 0.3 is 0 Å². The van der Waals surface area contributed by atoms with Gasteiger partial charge in [-0.3, -0.25) is 14.4 Å². The highest BCUT2D eigenvalue weighted by atomic mass is 16.3. The highest BCUT2D eigenvalue weighted by Gasteiger charge is 2.07. The number of carbonyl (C=O) groups excluding carboxylic acids is 1. The molecule has 0 aliphatic heterocycles. The smallest absolute Gasteiger partial charge is 0.164 e. The van der Waals surface area contributed by atoms with Gasteiger partial charge in [0, 0.05) is 11.9 Å². The van der Waals surface area contributed by atoms with E-state index in [0.717, 1.165) is 16.7 Å². The maximum absolute atomic E-state index is 11.5. The Balaban J connectivity index is 1.96. The maximum atomic E-state index is 11.5. The normalized spacial score (nSPS) is 12.6. The first kappa shape index (κ1) is 16.6. The molecule has 0 bridgehead atoms. The number of aromatic nitrogens is 2. The van der Waals surface area contributed by atoms with Crippen molar-refractivity contribution in [3.63, 3.8) is 0 Å². The molecule has 0 fully saturated rings. The fourth-order valence-corrected chi connectivity index (χ4v) is 2.57. The molecule has 25 heavy (non-hydrogen) atoms. The number of allylic oxidation sites excluding steroid dienone is 2. The van der Waals surface area contributed by atoms with E-state index < -0.39 is 0 Å². The first-order valence-electron chi connectivity index (χ1n) is 7.94. The largest absolute Gasteiger partial charge is 0.512 e. The second-order valence-electron chi connectivity index (χ2n) is 5.94. The Hall–Kier alpha value is -3.21. The lowest BCUT2D eigenvalue weighted by Gasteiger charge is -2.05. The van der Waals surface area contributed by atoms with E-state index in [2.05, 4.69) is 41.2 Å². The van der Waals surface area contributed by atoms with Crippen LogP contribution in [0.15, 0.2) is 65.1 Å². The minimum atomic E-state index is -0.228. The Morgan fingerprint density at radius 3 is 2.52 bits per heavy atom. The number of rotatable bonds is 4. The molecule has 0 unspecified atom stereocenters. The summed E-state index contributed by atoms with van der Waals surface area (Å²) in [5.41, 5.74) is 4.90. The number of hydrogen-bond donors (Lipinski definition) is 1. The monoisotopic (exact) mass is 333 g/mol. The number of imidazole rings is 1. The van der Waals surface area contributed by atoms with Crippen LogP contribution >= 0.6 is 0 Å². The zero-order chi connectivity index (χ0) is 18.0. The molecule has 0 aliphatic carbocycles. The molecule has 1 aromatic heterocycles. The third kappa shape index (κ3) is 3.50. The van der Waals surface area contributed by atoms with Gasteiger partial charge < -0.3 is 5.11 Å². The van der Waals surface area contributed by atoms with E-state index in [1.165, 1.54) is 25.6 Å². The number of ketones is 1. The average molecular weight is 333 g/mol. The van der Waals surface area contributed by atoms with E-state index in [4.69, 9.17) is 0 Å². The fraction of sp³-hybridized carbons (Fsp3) is 0.150. The third-order valence-corrected chi connectivity index (χ3v) is 3.95. The number of carbonyl (C=O) groups is 1. The second-order valence-corrected chi connectivity index (χ2v) is 5.94. The molecule has 5 nitrogen and oxygen atoms in total. The Labute approximate surface area is 146 Å². The van der Waals surface area contributed by atoms with Crippen LogP contribution < -0.4 is 0 Å². The third-order valence-electron chi connectivity index (χ3n) is 3.95. The Morgan fingerprint density at radius 2 is 1.88 bits per heavy atom. The highest BCUT2D eigenvalue weighted by molar-refractivity contribution is 6.13. The van der Waals surface area contributed by atoms with Gasteiger partial charge in [0.25, 0.3) is 0 Å². The van der Waals surface area contributed by atoms with Gasteiger partial charge in [0.15, 0.2) is 5.78 Å².